The van der Waals surface area contributed by atoms with Crippen LogP contribution in [0, 0.1) is 6.92 Å². The smallest absolute Gasteiger partial charge is 0.323 e. The molecule has 0 spiro atoms. The fourth-order valence-corrected chi connectivity index (χ4v) is 2.73. The average molecular weight is 300 g/mol. The van der Waals surface area contributed by atoms with Gasteiger partial charge in [0.25, 0.3) is 0 Å². The van der Waals surface area contributed by atoms with Crippen molar-refractivity contribution in [1.82, 2.24) is 19.4 Å². The van der Waals surface area contributed by atoms with Crippen LogP contribution in [0.15, 0.2) is 30.9 Å². The third-order valence-electron chi connectivity index (χ3n) is 3.91. The number of carbonyl (C=O) groups excluding carboxylic acids is 1. The van der Waals surface area contributed by atoms with Gasteiger partial charge in [-0.25, -0.2) is 14.8 Å². The summed E-state index contributed by atoms with van der Waals surface area (Å²) in [5.41, 5.74) is 8.16. The lowest BCUT2D eigenvalue weighted by Gasteiger charge is -2.16. The van der Waals surface area contributed by atoms with Gasteiger partial charge in [0.05, 0.1) is 12.0 Å². The molecule has 1 saturated heterocycles. The molecule has 0 aromatic carbocycles. The number of nitrogens with two attached hydrogens (primary N) is 1. The van der Waals surface area contributed by atoms with Gasteiger partial charge in [-0.15, -0.1) is 0 Å². The lowest BCUT2D eigenvalue weighted by Crippen LogP contribution is -2.35. The number of amides is 2. The highest BCUT2D eigenvalue weighted by atomic mass is 16.2. The molecule has 1 aliphatic rings. The Balaban J connectivity index is 1.67. The van der Waals surface area contributed by atoms with Crippen LogP contribution in [0.5, 0.6) is 0 Å². The quantitative estimate of drug-likeness (QED) is 0.868. The van der Waals surface area contributed by atoms with Crippen LogP contribution in [0.2, 0.25) is 0 Å². The van der Waals surface area contributed by atoms with Gasteiger partial charge in [0.15, 0.2) is 0 Å². The fourth-order valence-electron chi connectivity index (χ4n) is 2.73. The molecule has 0 unspecified atom stereocenters. The van der Waals surface area contributed by atoms with E-state index in [0.717, 1.165) is 11.3 Å². The first kappa shape index (κ1) is 14.5. The van der Waals surface area contributed by atoms with Crippen molar-refractivity contribution in [2.75, 3.05) is 18.4 Å². The molecule has 3 heterocycles. The van der Waals surface area contributed by atoms with Crippen molar-refractivity contribution in [2.45, 2.75) is 18.9 Å². The van der Waals surface area contributed by atoms with Crippen LogP contribution < -0.4 is 11.1 Å². The number of likely N-dealkylation sites (tertiary alicyclic amines) is 1. The largest absolute Gasteiger partial charge is 0.340 e. The van der Waals surface area contributed by atoms with Gasteiger partial charge in [-0.3, -0.25) is 5.32 Å². The van der Waals surface area contributed by atoms with E-state index in [1.807, 2.05) is 36.9 Å². The average Bonchev–Trinajstić information content (AvgIpc) is 3.05. The summed E-state index contributed by atoms with van der Waals surface area (Å²) in [7, 11) is 1.92. The summed E-state index contributed by atoms with van der Waals surface area (Å²) < 4.78 is 1.89. The molecular weight excluding hydrogens is 280 g/mol. The van der Waals surface area contributed by atoms with Crippen molar-refractivity contribution < 1.29 is 4.79 Å². The minimum atomic E-state index is -0.174. The molecule has 0 aliphatic carbocycles. The Hall–Kier alpha value is -2.41. The zero-order valence-corrected chi connectivity index (χ0v) is 12.7. The van der Waals surface area contributed by atoms with Crippen molar-refractivity contribution in [2.24, 2.45) is 12.8 Å². The van der Waals surface area contributed by atoms with Gasteiger partial charge in [0.2, 0.25) is 0 Å². The van der Waals surface area contributed by atoms with E-state index in [4.69, 9.17) is 5.73 Å². The standard InChI is InChI=1S/C15H20N6O/c1-10-3-4-17-14(5-10)19-15(22)21-6-11(12(16)7-21)13-8-20(2)9-18-13/h3-5,8-9,11-12H,6-7,16H2,1-2H3,(H,17,19,22)/t11-,12-/m1/s1. The number of nitrogens with zero attached hydrogens (tertiary/aromatic N) is 4. The molecule has 2 atom stereocenters. The van der Waals surface area contributed by atoms with Crippen molar-refractivity contribution in [3.8, 4) is 0 Å². The first-order valence-electron chi connectivity index (χ1n) is 7.25. The number of pyridine rings is 1. The number of hydrogen-bond acceptors (Lipinski definition) is 4. The molecule has 1 fully saturated rings. The van der Waals surface area contributed by atoms with Crippen molar-refractivity contribution >= 4 is 11.8 Å². The molecule has 3 rings (SSSR count). The maximum Gasteiger partial charge on any atom is 0.323 e. The molecule has 22 heavy (non-hydrogen) atoms. The van der Waals surface area contributed by atoms with Crippen LogP contribution in [0.1, 0.15) is 17.2 Å². The van der Waals surface area contributed by atoms with E-state index >= 15 is 0 Å². The number of anilines is 1. The zero-order valence-electron chi connectivity index (χ0n) is 12.7. The van der Waals surface area contributed by atoms with Gasteiger partial charge in [-0.1, -0.05) is 0 Å². The fraction of sp³-hybridized carbons (Fsp3) is 0.400. The Kier molecular flexibility index (Phi) is 3.81. The third kappa shape index (κ3) is 2.94. The summed E-state index contributed by atoms with van der Waals surface area (Å²) in [6, 6.07) is 3.45. The molecule has 7 heteroatoms. The first-order valence-corrected chi connectivity index (χ1v) is 7.25. The van der Waals surface area contributed by atoms with Crippen LogP contribution in [0.3, 0.4) is 0 Å². The van der Waals surface area contributed by atoms with E-state index < -0.39 is 0 Å². The first-order chi connectivity index (χ1) is 10.5. The number of carbonyl (C=O) groups is 1. The highest BCUT2D eigenvalue weighted by Gasteiger charge is 2.35. The van der Waals surface area contributed by atoms with E-state index in [0.29, 0.717) is 18.9 Å². The van der Waals surface area contributed by atoms with Crippen molar-refractivity contribution in [3.63, 3.8) is 0 Å². The highest BCUT2D eigenvalue weighted by Crippen LogP contribution is 2.25. The van der Waals surface area contributed by atoms with Gasteiger partial charge in [0.1, 0.15) is 5.82 Å². The molecule has 2 aromatic rings. The van der Waals surface area contributed by atoms with Gasteiger partial charge < -0.3 is 15.2 Å². The number of nitrogens with one attached hydrogen (secondary N) is 1. The number of hydrogen-bond donors (Lipinski definition) is 2. The molecule has 2 amide bonds. The summed E-state index contributed by atoms with van der Waals surface area (Å²) >= 11 is 0. The summed E-state index contributed by atoms with van der Waals surface area (Å²) in [5.74, 6) is 0.622. The Bertz CT molecular complexity index is 682. The van der Waals surface area contributed by atoms with Crippen molar-refractivity contribution in [1.29, 1.82) is 0 Å². The monoisotopic (exact) mass is 300 g/mol. The summed E-state index contributed by atoms with van der Waals surface area (Å²) in [6.45, 7) is 3.04. The number of aromatic nitrogens is 3. The predicted molar refractivity (Wildman–Crippen MR) is 83.5 cm³/mol. The highest BCUT2D eigenvalue weighted by molar-refractivity contribution is 5.88. The number of aryl methyl sites for hydroxylation is 2. The Morgan fingerprint density at radius 1 is 1.41 bits per heavy atom. The molecule has 0 bridgehead atoms. The lowest BCUT2D eigenvalue weighted by atomic mass is 10.0. The normalized spacial score (nSPS) is 21.1. The minimum absolute atomic E-state index is 0.0671. The Labute approximate surface area is 129 Å². The van der Waals surface area contributed by atoms with Crippen LogP contribution in [-0.2, 0) is 7.05 Å². The number of rotatable bonds is 2. The van der Waals surface area contributed by atoms with Gasteiger partial charge in [-0.05, 0) is 24.6 Å². The number of urea groups is 1. The van der Waals surface area contributed by atoms with E-state index in [2.05, 4.69) is 15.3 Å². The topological polar surface area (TPSA) is 89.1 Å². The predicted octanol–water partition coefficient (Wildman–Crippen LogP) is 1.08. The second-order valence-electron chi connectivity index (χ2n) is 5.79. The Morgan fingerprint density at radius 2 is 2.23 bits per heavy atom. The molecule has 116 valence electrons. The molecule has 7 nitrogen and oxygen atoms in total. The van der Waals surface area contributed by atoms with E-state index in [9.17, 15) is 4.79 Å². The second-order valence-corrected chi connectivity index (χ2v) is 5.79. The van der Waals surface area contributed by atoms with Crippen LogP contribution in [0.25, 0.3) is 0 Å². The van der Waals surface area contributed by atoms with Crippen LogP contribution >= 0.6 is 0 Å². The number of imidazole rings is 1. The summed E-state index contributed by atoms with van der Waals surface area (Å²) in [6.07, 6.45) is 5.38. The minimum Gasteiger partial charge on any atom is -0.340 e. The van der Waals surface area contributed by atoms with Gasteiger partial charge in [-0.2, -0.15) is 0 Å². The van der Waals surface area contributed by atoms with E-state index in [1.54, 1.807) is 17.4 Å². The zero-order chi connectivity index (χ0) is 15.7. The van der Waals surface area contributed by atoms with Crippen molar-refractivity contribution in [3.05, 3.63) is 42.1 Å². The molecule has 0 saturated carbocycles. The second kappa shape index (κ2) is 5.76. The third-order valence-corrected chi connectivity index (χ3v) is 3.91. The summed E-state index contributed by atoms with van der Waals surface area (Å²) in [5, 5.41) is 2.82. The molecule has 3 N–H and O–H groups in total. The van der Waals surface area contributed by atoms with E-state index in [1.165, 1.54) is 0 Å². The van der Waals surface area contributed by atoms with Crippen LogP contribution in [0.4, 0.5) is 10.6 Å². The van der Waals surface area contributed by atoms with E-state index in [-0.39, 0.29) is 18.0 Å². The maximum atomic E-state index is 12.3. The Morgan fingerprint density at radius 3 is 2.91 bits per heavy atom. The van der Waals surface area contributed by atoms with Gasteiger partial charge >= 0.3 is 6.03 Å². The molecular formula is C15H20N6O. The summed E-state index contributed by atoms with van der Waals surface area (Å²) in [4.78, 5) is 22.6. The van der Waals surface area contributed by atoms with Crippen LogP contribution in [-0.4, -0.2) is 44.6 Å². The maximum absolute atomic E-state index is 12.3. The molecule has 0 radical (unpaired) electrons. The molecule has 2 aromatic heterocycles. The lowest BCUT2D eigenvalue weighted by molar-refractivity contribution is 0.221. The molecule has 1 aliphatic heterocycles. The van der Waals surface area contributed by atoms with Gasteiger partial charge in [0, 0.05) is 44.5 Å². The SMILES string of the molecule is Cc1ccnc(NC(=O)N2C[C@@H](N)[C@H](c3cn(C)cn3)C2)c1.